The van der Waals surface area contributed by atoms with Gasteiger partial charge in [0.15, 0.2) is 0 Å². The second-order valence-electron chi connectivity index (χ2n) is 2.67. The Balaban J connectivity index is 3.19. The number of carbonyl (C=O) groups is 2. The average molecular weight is 197 g/mol. The maximum absolute atomic E-state index is 11.3. The Morgan fingerprint density at radius 3 is 2.29 bits per heavy atom. The van der Waals surface area contributed by atoms with Crippen molar-refractivity contribution in [2.75, 3.05) is 14.2 Å². The molecule has 0 fully saturated rings. The van der Waals surface area contributed by atoms with Crippen LogP contribution in [0.5, 0.6) is 0 Å². The van der Waals surface area contributed by atoms with Gasteiger partial charge in [-0.3, -0.25) is 0 Å². The first-order valence-electron chi connectivity index (χ1n) is 3.93. The van der Waals surface area contributed by atoms with Gasteiger partial charge in [-0.15, -0.1) is 0 Å². The number of hydrogen-bond acceptors (Lipinski definition) is 4. The Morgan fingerprint density at radius 1 is 1.21 bits per heavy atom. The van der Waals surface area contributed by atoms with Crippen LogP contribution >= 0.6 is 0 Å². The molecular formula is C9H11NO4. The van der Waals surface area contributed by atoms with Gasteiger partial charge in [0.1, 0.15) is 5.69 Å². The van der Waals surface area contributed by atoms with Gasteiger partial charge in [-0.2, -0.15) is 0 Å². The Morgan fingerprint density at radius 2 is 1.79 bits per heavy atom. The fourth-order valence-electron chi connectivity index (χ4n) is 1.16. The third-order valence-corrected chi connectivity index (χ3v) is 1.86. The number of esters is 2. The molecule has 5 nitrogen and oxygen atoms in total. The van der Waals surface area contributed by atoms with Crippen molar-refractivity contribution in [3.63, 3.8) is 0 Å². The molecule has 0 amide bonds. The molecule has 0 N–H and O–H groups in total. The predicted molar refractivity (Wildman–Crippen MR) is 48.1 cm³/mol. The molecule has 76 valence electrons. The number of nitrogens with zero attached hydrogens (tertiary/aromatic N) is 1. The van der Waals surface area contributed by atoms with E-state index in [0.29, 0.717) is 0 Å². The molecule has 0 aromatic carbocycles. The first kappa shape index (κ1) is 10.3. The van der Waals surface area contributed by atoms with E-state index in [9.17, 15) is 9.59 Å². The Kier molecular flexibility index (Phi) is 2.91. The van der Waals surface area contributed by atoms with E-state index in [1.54, 1.807) is 13.2 Å². The molecule has 0 aliphatic carbocycles. The van der Waals surface area contributed by atoms with E-state index in [1.807, 2.05) is 0 Å². The van der Waals surface area contributed by atoms with E-state index in [0.717, 1.165) is 0 Å². The highest BCUT2D eigenvalue weighted by Gasteiger charge is 2.21. The highest BCUT2D eigenvalue weighted by Crippen LogP contribution is 2.12. The molecule has 0 unspecified atom stereocenters. The third kappa shape index (κ3) is 1.61. The lowest BCUT2D eigenvalue weighted by Gasteiger charge is -2.03. The van der Waals surface area contributed by atoms with Crippen LogP contribution in [0.1, 0.15) is 20.8 Å². The van der Waals surface area contributed by atoms with Crippen LogP contribution in [0.3, 0.4) is 0 Å². The van der Waals surface area contributed by atoms with Crippen molar-refractivity contribution < 1.29 is 19.1 Å². The lowest BCUT2D eigenvalue weighted by Crippen LogP contribution is -2.13. The molecule has 0 saturated carbocycles. The Labute approximate surface area is 81.2 Å². The van der Waals surface area contributed by atoms with Gasteiger partial charge < -0.3 is 14.0 Å². The molecule has 1 aromatic heterocycles. The van der Waals surface area contributed by atoms with E-state index in [1.165, 1.54) is 24.9 Å². The topological polar surface area (TPSA) is 57.5 Å². The highest BCUT2D eigenvalue weighted by atomic mass is 16.5. The van der Waals surface area contributed by atoms with Crippen LogP contribution in [0.2, 0.25) is 0 Å². The maximum atomic E-state index is 11.3. The second kappa shape index (κ2) is 3.95. The van der Waals surface area contributed by atoms with Crippen LogP contribution in [0.25, 0.3) is 0 Å². The molecule has 0 atom stereocenters. The van der Waals surface area contributed by atoms with E-state index in [-0.39, 0.29) is 11.3 Å². The van der Waals surface area contributed by atoms with Crippen LogP contribution < -0.4 is 0 Å². The van der Waals surface area contributed by atoms with Gasteiger partial charge in [0, 0.05) is 13.2 Å². The first-order valence-corrected chi connectivity index (χ1v) is 3.93. The molecule has 0 radical (unpaired) electrons. The van der Waals surface area contributed by atoms with Crippen LogP contribution in [0.15, 0.2) is 12.3 Å². The molecule has 14 heavy (non-hydrogen) atoms. The van der Waals surface area contributed by atoms with E-state index in [2.05, 4.69) is 9.47 Å². The standard InChI is InChI=1S/C9H11NO4/c1-10-5-4-6(8(11)13-2)7(10)9(12)14-3/h4-5H,1-3H3. The SMILES string of the molecule is COC(=O)c1ccn(C)c1C(=O)OC. The van der Waals surface area contributed by atoms with Gasteiger partial charge in [0.05, 0.1) is 19.8 Å². The van der Waals surface area contributed by atoms with Crippen molar-refractivity contribution in [2.24, 2.45) is 7.05 Å². The minimum Gasteiger partial charge on any atom is -0.465 e. The maximum Gasteiger partial charge on any atom is 0.355 e. The zero-order valence-electron chi connectivity index (χ0n) is 8.23. The van der Waals surface area contributed by atoms with Crippen LogP contribution in [0, 0.1) is 0 Å². The fourth-order valence-corrected chi connectivity index (χ4v) is 1.16. The molecule has 1 heterocycles. The molecule has 0 spiro atoms. The van der Waals surface area contributed by atoms with Crippen LogP contribution in [-0.4, -0.2) is 30.7 Å². The minimum atomic E-state index is -0.557. The van der Waals surface area contributed by atoms with E-state index >= 15 is 0 Å². The second-order valence-corrected chi connectivity index (χ2v) is 2.67. The molecule has 1 aromatic rings. The summed E-state index contributed by atoms with van der Waals surface area (Å²) >= 11 is 0. The van der Waals surface area contributed by atoms with Crippen LogP contribution in [0.4, 0.5) is 0 Å². The number of aromatic nitrogens is 1. The van der Waals surface area contributed by atoms with Gasteiger partial charge >= 0.3 is 11.9 Å². The van der Waals surface area contributed by atoms with Gasteiger partial charge in [0.2, 0.25) is 0 Å². The third-order valence-electron chi connectivity index (χ3n) is 1.86. The summed E-state index contributed by atoms with van der Waals surface area (Å²) in [5.41, 5.74) is 0.404. The van der Waals surface area contributed by atoms with Crippen molar-refractivity contribution in [2.45, 2.75) is 0 Å². The largest absolute Gasteiger partial charge is 0.465 e. The Hall–Kier alpha value is -1.78. The number of rotatable bonds is 2. The summed E-state index contributed by atoms with van der Waals surface area (Å²) < 4.78 is 10.6. The summed E-state index contributed by atoms with van der Waals surface area (Å²) in [5.74, 6) is -1.11. The molecule has 1 rings (SSSR count). The van der Waals surface area contributed by atoms with Gasteiger partial charge in [-0.05, 0) is 6.07 Å². The zero-order chi connectivity index (χ0) is 10.7. The molecule has 5 heteroatoms. The van der Waals surface area contributed by atoms with Gasteiger partial charge in [0.25, 0.3) is 0 Å². The predicted octanol–water partition coefficient (Wildman–Crippen LogP) is 0.598. The van der Waals surface area contributed by atoms with E-state index < -0.39 is 11.9 Å². The van der Waals surface area contributed by atoms with Crippen molar-refractivity contribution in [1.29, 1.82) is 0 Å². The number of aryl methyl sites for hydroxylation is 1. The monoisotopic (exact) mass is 197 g/mol. The van der Waals surface area contributed by atoms with Gasteiger partial charge in [-0.25, -0.2) is 9.59 Å². The highest BCUT2D eigenvalue weighted by molar-refractivity contribution is 6.02. The molecule has 0 bridgehead atoms. The summed E-state index contributed by atoms with van der Waals surface area (Å²) in [4.78, 5) is 22.5. The molecule has 0 aliphatic rings. The summed E-state index contributed by atoms with van der Waals surface area (Å²) in [6.07, 6.45) is 1.60. The first-order chi connectivity index (χ1) is 6.61. The fraction of sp³-hybridized carbons (Fsp3) is 0.333. The smallest absolute Gasteiger partial charge is 0.355 e. The number of ether oxygens (including phenoxy) is 2. The minimum absolute atomic E-state index is 0.194. The van der Waals surface area contributed by atoms with Crippen molar-refractivity contribution in [3.8, 4) is 0 Å². The number of carbonyl (C=O) groups excluding carboxylic acids is 2. The molecule has 0 aliphatic heterocycles. The summed E-state index contributed by atoms with van der Waals surface area (Å²) in [6, 6.07) is 1.51. The lowest BCUT2D eigenvalue weighted by atomic mass is 10.2. The average Bonchev–Trinajstić information content (AvgIpc) is 2.58. The van der Waals surface area contributed by atoms with Crippen molar-refractivity contribution >= 4 is 11.9 Å². The number of methoxy groups -OCH3 is 2. The summed E-state index contributed by atoms with van der Waals surface area (Å²) in [5, 5.41) is 0. The molecule has 0 saturated heterocycles. The normalized spacial score (nSPS) is 9.64. The van der Waals surface area contributed by atoms with Gasteiger partial charge in [-0.1, -0.05) is 0 Å². The Bertz CT molecular complexity index is 367. The summed E-state index contributed by atoms with van der Waals surface area (Å²) in [7, 11) is 4.17. The quantitative estimate of drug-likeness (QED) is 0.651. The van der Waals surface area contributed by atoms with Crippen molar-refractivity contribution in [3.05, 3.63) is 23.5 Å². The lowest BCUT2D eigenvalue weighted by molar-refractivity contribution is 0.0548. The number of hydrogen-bond donors (Lipinski definition) is 0. The van der Waals surface area contributed by atoms with E-state index in [4.69, 9.17) is 0 Å². The summed E-state index contributed by atoms with van der Waals surface area (Å²) in [6.45, 7) is 0. The van der Waals surface area contributed by atoms with Crippen LogP contribution in [-0.2, 0) is 16.5 Å². The molecular weight excluding hydrogens is 186 g/mol. The van der Waals surface area contributed by atoms with Crippen molar-refractivity contribution in [1.82, 2.24) is 4.57 Å². The zero-order valence-corrected chi connectivity index (χ0v) is 8.23.